The van der Waals surface area contributed by atoms with Gasteiger partial charge in [-0.2, -0.15) is 0 Å². The number of rotatable bonds is 3. The van der Waals surface area contributed by atoms with Crippen LogP contribution in [0.25, 0.3) is 11.1 Å². The second-order valence-electron chi connectivity index (χ2n) is 3.60. The van der Waals surface area contributed by atoms with Crippen LogP contribution in [0.15, 0.2) is 42.5 Å². The Labute approximate surface area is 101 Å². The van der Waals surface area contributed by atoms with E-state index in [1.54, 1.807) is 24.3 Å². The Morgan fingerprint density at radius 1 is 1.06 bits per heavy atom. The van der Waals surface area contributed by atoms with Gasteiger partial charge in [-0.05, 0) is 41.0 Å². The lowest BCUT2D eigenvalue weighted by Crippen LogP contribution is -1.88. The standard InChI is InChI=1S/C13H10FO2S/c14-13-6-4-11(5-7-13)12-3-1-2-10(8-12)9-17(15)16/h1,3-8,17H,9H2. The van der Waals surface area contributed by atoms with E-state index in [9.17, 15) is 12.8 Å². The van der Waals surface area contributed by atoms with Crippen LogP contribution in [-0.2, 0) is 16.5 Å². The van der Waals surface area contributed by atoms with Gasteiger partial charge in [-0.3, -0.25) is 0 Å². The minimum absolute atomic E-state index is 0.0234. The largest absolute Gasteiger partial charge is 0.232 e. The van der Waals surface area contributed by atoms with E-state index in [0.717, 1.165) is 11.1 Å². The fraction of sp³-hybridized carbons (Fsp3) is 0.0769. The minimum Gasteiger partial charge on any atom is -0.232 e. The van der Waals surface area contributed by atoms with Gasteiger partial charge in [-0.15, -0.1) is 0 Å². The molecule has 0 heterocycles. The van der Waals surface area contributed by atoms with Gasteiger partial charge in [0.05, 0.1) is 5.75 Å². The number of benzene rings is 2. The second kappa shape index (κ2) is 5.10. The third-order valence-electron chi connectivity index (χ3n) is 2.34. The van der Waals surface area contributed by atoms with E-state index in [4.69, 9.17) is 0 Å². The minimum atomic E-state index is -2.45. The molecule has 4 heteroatoms. The molecule has 2 aromatic carbocycles. The summed E-state index contributed by atoms with van der Waals surface area (Å²) in [6.45, 7) is 0. The van der Waals surface area contributed by atoms with E-state index in [1.165, 1.54) is 12.1 Å². The third kappa shape index (κ3) is 3.14. The molecule has 0 saturated heterocycles. The molecule has 17 heavy (non-hydrogen) atoms. The Morgan fingerprint density at radius 3 is 2.41 bits per heavy atom. The van der Waals surface area contributed by atoms with Gasteiger partial charge in [0.15, 0.2) is 0 Å². The summed E-state index contributed by atoms with van der Waals surface area (Å²) in [7, 11) is -2.45. The molecule has 0 bridgehead atoms. The van der Waals surface area contributed by atoms with E-state index in [2.05, 4.69) is 6.07 Å². The molecule has 0 saturated carbocycles. The average molecular weight is 249 g/mol. The van der Waals surface area contributed by atoms with Crippen molar-refractivity contribution in [3.05, 3.63) is 59.9 Å². The van der Waals surface area contributed by atoms with Crippen LogP contribution in [0.4, 0.5) is 4.39 Å². The molecule has 0 fully saturated rings. The molecule has 0 aliphatic rings. The predicted octanol–water partition coefficient (Wildman–Crippen LogP) is 2.40. The van der Waals surface area contributed by atoms with E-state index in [0.29, 0.717) is 5.56 Å². The lowest BCUT2D eigenvalue weighted by Gasteiger charge is -2.03. The van der Waals surface area contributed by atoms with Gasteiger partial charge in [0.1, 0.15) is 16.5 Å². The highest BCUT2D eigenvalue weighted by molar-refractivity contribution is 7.71. The van der Waals surface area contributed by atoms with Crippen molar-refractivity contribution in [1.82, 2.24) is 0 Å². The van der Waals surface area contributed by atoms with Crippen LogP contribution in [-0.4, -0.2) is 8.42 Å². The van der Waals surface area contributed by atoms with Crippen LogP contribution in [0, 0.1) is 11.9 Å². The summed E-state index contributed by atoms with van der Waals surface area (Å²) in [6, 6.07) is 14.2. The van der Waals surface area contributed by atoms with E-state index in [1.807, 2.05) is 6.07 Å². The Bertz CT molecular complexity index is 581. The van der Waals surface area contributed by atoms with Crippen LogP contribution in [0.5, 0.6) is 0 Å². The average Bonchev–Trinajstić information content (AvgIpc) is 2.29. The number of halogens is 1. The molecule has 0 N–H and O–H groups in total. The number of hydrogen-bond acceptors (Lipinski definition) is 2. The van der Waals surface area contributed by atoms with Crippen molar-refractivity contribution in [2.75, 3.05) is 0 Å². The molecule has 2 aromatic rings. The fourth-order valence-electron chi connectivity index (χ4n) is 1.57. The zero-order valence-electron chi connectivity index (χ0n) is 8.89. The molecule has 0 atom stereocenters. The maximum absolute atomic E-state index is 12.8. The molecule has 0 aliphatic heterocycles. The second-order valence-corrected chi connectivity index (χ2v) is 4.58. The summed E-state index contributed by atoms with van der Waals surface area (Å²) in [5, 5.41) is 0. The van der Waals surface area contributed by atoms with Crippen molar-refractivity contribution in [3.63, 3.8) is 0 Å². The van der Waals surface area contributed by atoms with E-state index >= 15 is 0 Å². The first-order valence-electron chi connectivity index (χ1n) is 5.03. The quantitative estimate of drug-likeness (QED) is 0.848. The van der Waals surface area contributed by atoms with E-state index < -0.39 is 10.7 Å². The summed E-state index contributed by atoms with van der Waals surface area (Å²) in [5.74, 6) is -0.316. The van der Waals surface area contributed by atoms with Crippen molar-refractivity contribution in [1.29, 1.82) is 0 Å². The topological polar surface area (TPSA) is 34.1 Å². The van der Waals surface area contributed by atoms with Gasteiger partial charge >= 0.3 is 0 Å². The highest BCUT2D eigenvalue weighted by atomic mass is 32.2. The smallest absolute Gasteiger partial charge is 0.144 e. The molecule has 0 aliphatic carbocycles. The summed E-state index contributed by atoms with van der Waals surface area (Å²) in [5.41, 5.74) is 2.32. The van der Waals surface area contributed by atoms with Gasteiger partial charge in [0.2, 0.25) is 0 Å². The van der Waals surface area contributed by atoms with Gasteiger partial charge in [0, 0.05) is 0 Å². The van der Waals surface area contributed by atoms with Gasteiger partial charge in [0.25, 0.3) is 0 Å². The first-order chi connectivity index (χ1) is 8.15. The van der Waals surface area contributed by atoms with E-state index in [-0.39, 0.29) is 11.6 Å². The highest BCUT2D eigenvalue weighted by Gasteiger charge is 2.01. The van der Waals surface area contributed by atoms with Crippen molar-refractivity contribution < 1.29 is 12.8 Å². The maximum Gasteiger partial charge on any atom is 0.144 e. The lowest BCUT2D eigenvalue weighted by molar-refractivity contribution is 0.614. The van der Waals surface area contributed by atoms with Crippen molar-refractivity contribution >= 4 is 10.7 Å². The molecule has 0 spiro atoms. The van der Waals surface area contributed by atoms with Crippen LogP contribution in [0.3, 0.4) is 0 Å². The van der Waals surface area contributed by atoms with Crippen LogP contribution >= 0.6 is 0 Å². The zero-order valence-corrected chi connectivity index (χ0v) is 9.78. The summed E-state index contributed by atoms with van der Waals surface area (Å²) < 4.78 is 34.0. The number of hydrogen-bond donors (Lipinski definition) is 1. The molecule has 2 rings (SSSR count). The third-order valence-corrected chi connectivity index (χ3v) is 2.94. The normalized spacial score (nSPS) is 10.7. The monoisotopic (exact) mass is 249 g/mol. The van der Waals surface area contributed by atoms with Gasteiger partial charge < -0.3 is 0 Å². The van der Waals surface area contributed by atoms with Crippen molar-refractivity contribution in [3.8, 4) is 11.1 Å². The summed E-state index contributed by atoms with van der Waals surface area (Å²) >= 11 is 0. The first-order valence-corrected chi connectivity index (χ1v) is 6.40. The zero-order chi connectivity index (χ0) is 12.3. The van der Waals surface area contributed by atoms with Crippen LogP contribution < -0.4 is 0 Å². The molecule has 87 valence electrons. The fourth-order valence-corrected chi connectivity index (χ4v) is 2.03. The molecular weight excluding hydrogens is 239 g/mol. The predicted molar refractivity (Wildman–Crippen MR) is 64.7 cm³/mol. The molecule has 0 amide bonds. The molecule has 1 radical (unpaired) electrons. The maximum atomic E-state index is 12.8. The molecule has 0 aromatic heterocycles. The number of thiol groups is 1. The Hall–Kier alpha value is -1.68. The highest BCUT2D eigenvalue weighted by Crippen LogP contribution is 2.20. The Kier molecular flexibility index (Phi) is 3.54. The SMILES string of the molecule is O=[SH](=O)Cc1[c]ccc(-c2ccc(F)cc2)c1. The lowest BCUT2D eigenvalue weighted by atomic mass is 10.0. The van der Waals surface area contributed by atoms with Crippen molar-refractivity contribution in [2.24, 2.45) is 0 Å². The molecule has 0 unspecified atom stereocenters. The van der Waals surface area contributed by atoms with Gasteiger partial charge in [-0.25, -0.2) is 12.8 Å². The molecule has 2 nitrogen and oxygen atoms in total. The van der Waals surface area contributed by atoms with Crippen LogP contribution in [0.1, 0.15) is 5.56 Å². The van der Waals surface area contributed by atoms with Gasteiger partial charge in [-0.1, -0.05) is 24.3 Å². The summed E-state index contributed by atoms with van der Waals surface area (Å²) in [4.78, 5) is 0. The van der Waals surface area contributed by atoms with Crippen LogP contribution in [0.2, 0.25) is 0 Å². The summed E-state index contributed by atoms with van der Waals surface area (Å²) in [6.07, 6.45) is 0. The molecular formula is C13H10FO2S. The Morgan fingerprint density at radius 2 is 1.76 bits per heavy atom. The Balaban J connectivity index is 2.35. The first kappa shape index (κ1) is 11.8. The van der Waals surface area contributed by atoms with Crippen molar-refractivity contribution in [2.45, 2.75) is 5.75 Å².